The number of carbonyl (C=O) groups excluding carboxylic acids is 1. The van der Waals surface area contributed by atoms with Crippen molar-refractivity contribution in [3.63, 3.8) is 0 Å². The number of allylic oxidation sites excluding steroid dienone is 1. The van der Waals surface area contributed by atoms with Gasteiger partial charge in [0.25, 0.3) is 0 Å². The third kappa shape index (κ3) is 3.04. The summed E-state index contributed by atoms with van der Waals surface area (Å²) in [5.74, 6) is 0.0786. The molecule has 22 heavy (non-hydrogen) atoms. The zero-order chi connectivity index (χ0) is 16.4. The molecule has 0 radical (unpaired) electrons. The van der Waals surface area contributed by atoms with Gasteiger partial charge < -0.3 is 9.80 Å². The number of Topliss-reactive ketones (excluding diaryl/α,β-unsaturated/α-hetero) is 1. The largest absolute Gasteiger partial charge is 0.378 e. The SMILES string of the molecule is CSC1=N[C@H](c2ccc(N(C)C)cc2)C(C(C)=O)=C(C)N1C. The van der Waals surface area contributed by atoms with Gasteiger partial charge in [-0.05, 0) is 37.8 Å². The highest BCUT2D eigenvalue weighted by Gasteiger charge is 2.29. The van der Waals surface area contributed by atoms with Crippen molar-refractivity contribution in [3.05, 3.63) is 41.1 Å². The van der Waals surface area contributed by atoms with Crippen LogP contribution in [0.5, 0.6) is 0 Å². The fourth-order valence-corrected chi connectivity index (χ4v) is 3.24. The Kier molecular flexibility index (Phi) is 4.96. The summed E-state index contributed by atoms with van der Waals surface area (Å²) in [6.07, 6.45) is 2.01. The number of aliphatic imine (C=N–C) groups is 1. The molecule has 1 heterocycles. The number of carbonyl (C=O) groups is 1. The van der Waals surface area contributed by atoms with E-state index in [1.807, 2.05) is 39.2 Å². The summed E-state index contributed by atoms with van der Waals surface area (Å²) in [6, 6.07) is 8.03. The van der Waals surface area contributed by atoms with Gasteiger partial charge >= 0.3 is 0 Å². The average Bonchev–Trinajstić information content (AvgIpc) is 2.49. The highest BCUT2D eigenvalue weighted by atomic mass is 32.2. The number of benzene rings is 1. The molecule has 0 fully saturated rings. The van der Waals surface area contributed by atoms with E-state index in [0.717, 1.165) is 27.7 Å². The number of anilines is 1. The van der Waals surface area contributed by atoms with Gasteiger partial charge in [-0.3, -0.25) is 4.79 Å². The molecule has 1 aromatic carbocycles. The Morgan fingerprint density at radius 1 is 1.27 bits per heavy atom. The van der Waals surface area contributed by atoms with E-state index in [1.165, 1.54) is 0 Å². The number of nitrogens with zero attached hydrogens (tertiary/aromatic N) is 3. The molecule has 0 bridgehead atoms. The Bertz CT molecular complexity index is 632. The topological polar surface area (TPSA) is 35.9 Å². The van der Waals surface area contributed by atoms with Crippen molar-refractivity contribution in [3.8, 4) is 0 Å². The van der Waals surface area contributed by atoms with E-state index in [9.17, 15) is 4.79 Å². The van der Waals surface area contributed by atoms with E-state index in [0.29, 0.717) is 0 Å². The van der Waals surface area contributed by atoms with Crippen LogP contribution in [0.15, 0.2) is 40.5 Å². The standard InChI is InChI=1S/C17H23N3OS/c1-11-15(12(2)21)16(18-17(22-6)20(11)5)13-7-9-14(10-8-13)19(3)4/h7-10,16H,1-6H3/t16-/m1/s1. The van der Waals surface area contributed by atoms with E-state index in [-0.39, 0.29) is 11.8 Å². The van der Waals surface area contributed by atoms with E-state index in [2.05, 4.69) is 29.2 Å². The monoisotopic (exact) mass is 317 g/mol. The molecule has 0 unspecified atom stereocenters. The summed E-state index contributed by atoms with van der Waals surface area (Å²) in [5, 5.41) is 0.934. The Morgan fingerprint density at radius 3 is 2.32 bits per heavy atom. The molecule has 2 rings (SSSR count). The number of hydrogen-bond donors (Lipinski definition) is 0. The smallest absolute Gasteiger partial charge is 0.163 e. The lowest BCUT2D eigenvalue weighted by Gasteiger charge is -2.31. The maximum atomic E-state index is 12.1. The lowest BCUT2D eigenvalue weighted by Crippen LogP contribution is -2.31. The van der Waals surface area contributed by atoms with E-state index in [1.54, 1.807) is 18.7 Å². The van der Waals surface area contributed by atoms with Gasteiger partial charge in [0.1, 0.15) is 6.04 Å². The summed E-state index contributed by atoms with van der Waals surface area (Å²) in [5.41, 5.74) is 3.94. The van der Waals surface area contributed by atoms with Crippen LogP contribution in [-0.4, -0.2) is 43.2 Å². The molecule has 0 spiro atoms. The molecule has 0 saturated carbocycles. The molecular weight excluding hydrogens is 294 g/mol. The van der Waals surface area contributed by atoms with Crippen molar-refractivity contribution < 1.29 is 4.79 Å². The molecule has 0 aliphatic carbocycles. The minimum Gasteiger partial charge on any atom is -0.378 e. The van der Waals surface area contributed by atoms with Crippen molar-refractivity contribution >= 4 is 28.4 Å². The van der Waals surface area contributed by atoms with Crippen LogP contribution < -0.4 is 4.90 Å². The fourth-order valence-electron chi connectivity index (χ4n) is 2.62. The van der Waals surface area contributed by atoms with Gasteiger partial charge in [0, 0.05) is 38.1 Å². The van der Waals surface area contributed by atoms with Crippen LogP contribution >= 0.6 is 11.8 Å². The predicted octanol–water partition coefficient (Wildman–Crippen LogP) is 3.32. The molecule has 1 aliphatic rings. The van der Waals surface area contributed by atoms with Gasteiger partial charge in [-0.1, -0.05) is 23.9 Å². The minimum atomic E-state index is -0.215. The minimum absolute atomic E-state index is 0.0786. The summed E-state index contributed by atoms with van der Waals surface area (Å²) in [7, 11) is 5.98. The molecule has 1 aromatic rings. The number of ketones is 1. The molecule has 0 saturated heterocycles. The maximum Gasteiger partial charge on any atom is 0.163 e. The van der Waals surface area contributed by atoms with Gasteiger partial charge in [-0.25, -0.2) is 4.99 Å². The Hall–Kier alpha value is -1.75. The Morgan fingerprint density at radius 2 is 1.86 bits per heavy atom. The second-order valence-corrected chi connectivity index (χ2v) is 6.39. The summed E-state index contributed by atoms with van der Waals surface area (Å²) in [4.78, 5) is 21.0. The van der Waals surface area contributed by atoms with Crippen LogP contribution in [0.1, 0.15) is 25.5 Å². The zero-order valence-electron chi connectivity index (χ0n) is 14.0. The summed E-state index contributed by atoms with van der Waals surface area (Å²) >= 11 is 1.60. The normalized spacial score (nSPS) is 18.4. The van der Waals surface area contributed by atoms with E-state index < -0.39 is 0 Å². The number of rotatable bonds is 3. The van der Waals surface area contributed by atoms with E-state index >= 15 is 0 Å². The third-order valence-electron chi connectivity index (χ3n) is 3.98. The molecule has 1 atom stereocenters. The maximum absolute atomic E-state index is 12.1. The van der Waals surface area contributed by atoms with Crippen molar-refractivity contribution in [2.45, 2.75) is 19.9 Å². The fraction of sp³-hybridized carbons (Fsp3) is 0.412. The molecular formula is C17H23N3OS. The quantitative estimate of drug-likeness (QED) is 0.857. The average molecular weight is 317 g/mol. The van der Waals surface area contributed by atoms with Crippen LogP contribution in [0.4, 0.5) is 5.69 Å². The molecule has 4 nitrogen and oxygen atoms in total. The first-order valence-corrected chi connectivity index (χ1v) is 8.43. The summed E-state index contributed by atoms with van der Waals surface area (Å²) in [6.45, 7) is 3.61. The van der Waals surface area contributed by atoms with Crippen LogP contribution in [0, 0.1) is 0 Å². The van der Waals surface area contributed by atoms with Crippen molar-refractivity contribution in [2.75, 3.05) is 32.3 Å². The number of amidine groups is 1. The highest BCUT2D eigenvalue weighted by molar-refractivity contribution is 8.13. The van der Waals surface area contributed by atoms with Gasteiger partial charge in [0.2, 0.25) is 0 Å². The molecule has 1 aliphatic heterocycles. The predicted molar refractivity (Wildman–Crippen MR) is 95.6 cm³/mol. The molecule has 0 N–H and O–H groups in total. The highest BCUT2D eigenvalue weighted by Crippen LogP contribution is 2.35. The first-order chi connectivity index (χ1) is 10.4. The zero-order valence-corrected chi connectivity index (χ0v) is 14.9. The summed E-state index contributed by atoms with van der Waals surface area (Å²) < 4.78 is 0. The van der Waals surface area contributed by atoms with Gasteiger partial charge in [-0.15, -0.1) is 0 Å². The van der Waals surface area contributed by atoms with Crippen LogP contribution in [0.25, 0.3) is 0 Å². The Labute approximate surface area is 136 Å². The molecule has 5 heteroatoms. The molecule has 118 valence electrons. The van der Waals surface area contributed by atoms with Gasteiger partial charge in [-0.2, -0.15) is 0 Å². The third-order valence-corrected chi connectivity index (χ3v) is 4.72. The lowest BCUT2D eigenvalue weighted by molar-refractivity contribution is -0.114. The second kappa shape index (κ2) is 6.57. The van der Waals surface area contributed by atoms with Crippen molar-refractivity contribution in [2.24, 2.45) is 4.99 Å². The number of hydrogen-bond acceptors (Lipinski definition) is 5. The Balaban J connectivity index is 2.49. The van der Waals surface area contributed by atoms with Gasteiger partial charge in [0.15, 0.2) is 11.0 Å². The van der Waals surface area contributed by atoms with Crippen LogP contribution in [0.3, 0.4) is 0 Å². The molecule has 0 aromatic heterocycles. The first kappa shape index (κ1) is 16.6. The van der Waals surface area contributed by atoms with Crippen LogP contribution in [0.2, 0.25) is 0 Å². The molecule has 0 amide bonds. The van der Waals surface area contributed by atoms with Gasteiger partial charge in [0.05, 0.1) is 0 Å². The van der Waals surface area contributed by atoms with Crippen molar-refractivity contribution in [1.29, 1.82) is 0 Å². The first-order valence-electron chi connectivity index (χ1n) is 7.21. The van der Waals surface area contributed by atoms with E-state index in [4.69, 9.17) is 4.99 Å². The second-order valence-electron chi connectivity index (χ2n) is 5.62. The number of thioether (sulfide) groups is 1. The van der Waals surface area contributed by atoms with Crippen molar-refractivity contribution in [1.82, 2.24) is 4.90 Å². The van der Waals surface area contributed by atoms with Crippen LogP contribution in [-0.2, 0) is 4.79 Å². The lowest BCUT2D eigenvalue weighted by atomic mass is 9.93.